The lowest BCUT2D eigenvalue weighted by atomic mass is 10.2. The number of nitro benzene ring substituents is 1. The Labute approximate surface area is 105 Å². The highest BCUT2D eigenvalue weighted by Gasteiger charge is 2.15. The number of hydrogen-bond donors (Lipinski definition) is 1. The molecule has 0 atom stereocenters. The summed E-state index contributed by atoms with van der Waals surface area (Å²) in [6.07, 6.45) is 0.240. The van der Waals surface area contributed by atoms with Gasteiger partial charge in [0.2, 0.25) is 5.91 Å². The number of nitrogens with one attached hydrogen (secondary N) is 1. The maximum atomic E-state index is 11.3. The van der Waals surface area contributed by atoms with E-state index in [-0.39, 0.29) is 23.7 Å². The Kier molecular flexibility index (Phi) is 4.70. The molecular formula is C9H8BrClN2O3. The van der Waals surface area contributed by atoms with Gasteiger partial charge >= 0.3 is 0 Å². The van der Waals surface area contributed by atoms with Gasteiger partial charge in [0.1, 0.15) is 5.69 Å². The van der Waals surface area contributed by atoms with E-state index in [1.54, 1.807) is 0 Å². The lowest BCUT2D eigenvalue weighted by Gasteiger charge is -2.05. The van der Waals surface area contributed by atoms with Gasteiger partial charge in [-0.2, -0.15) is 0 Å². The van der Waals surface area contributed by atoms with Gasteiger partial charge in [0, 0.05) is 22.8 Å². The van der Waals surface area contributed by atoms with Crippen LogP contribution in [0.1, 0.15) is 6.42 Å². The van der Waals surface area contributed by atoms with Crippen LogP contribution in [-0.2, 0) is 4.79 Å². The molecule has 0 radical (unpaired) electrons. The molecule has 0 aromatic heterocycles. The molecule has 0 unspecified atom stereocenters. The van der Waals surface area contributed by atoms with Crippen LogP contribution in [0, 0.1) is 10.1 Å². The summed E-state index contributed by atoms with van der Waals surface area (Å²) in [5, 5.41) is 13.9. The Balaban J connectivity index is 2.96. The topological polar surface area (TPSA) is 72.2 Å². The number of nitrogens with zero attached hydrogens (tertiary/aromatic N) is 1. The second-order valence-electron chi connectivity index (χ2n) is 2.91. The van der Waals surface area contributed by atoms with Crippen LogP contribution in [0.2, 0.25) is 5.02 Å². The maximum Gasteiger partial charge on any atom is 0.292 e. The van der Waals surface area contributed by atoms with E-state index in [4.69, 9.17) is 11.6 Å². The van der Waals surface area contributed by atoms with Crippen molar-refractivity contribution in [3.63, 3.8) is 0 Å². The largest absolute Gasteiger partial charge is 0.320 e. The first kappa shape index (κ1) is 12.9. The van der Waals surface area contributed by atoms with Crippen LogP contribution < -0.4 is 5.32 Å². The molecule has 1 N–H and O–H groups in total. The van der Waals surface area contributed by atoms with E-state index in [9.17, 15) is 14.9 Å². The Morgan fingerprint density at radius 1 is 1.56 bits per heavy atom. The van der Waals surface area contributed by atoms with Crippen molar-refractivity contribution in [2.75, 3.05) is 10.6 Å². The van der Waals surface area contributed by atoms with Crippen LogP contribution >= 0.6 is 27.5 Å². The molecule has 1 amide bonds. The first-order valence-corrected chi connectivity index (χ1v) is 5.84. The molecular weight excluding hydrogens is 299 g/mol. The zero-order valence-corrected chi connectivity index (χ0v) is 10.4. The second-order valence-corrected chi connectivity index (χ2v) is 4.14. The van der Waals surface area contributed by atoms with Crippen molar-refractivity contribution in [1.82, 2.24) is 0 Å². The predicted octanol–water partition coefficient (Wildman–Crippen LogP) is 2.97. The molecule has 16 heavy (non-hydrogen) atoms. The normalized spacial score (nSPS) is 9.88. The fourth-order valence-corrected chi connectivity index (χ4v) is 1.60. The van der Waals surface area contributed by atoms with Crippen molar-refractivity contribution in [2.24, 2.45) is 0 Å². The highest BCUT2D eigenvalue weighted by molar-refractivity contribution is 9.09. The van der Waals surface area contributed by atoms with Crippen LogP contribution in [0.15, 0.2) is 18.2 Å². The SMILES string of the molecule is O=C(CCBr)Nc1cc(Cl)ccc1[N+](=O)[O-]. The van der Waals surface area contributed by atoms with Gasteiger partial charge in [-0.15, -0.1) is 0 Å². The molecule has 0 heterocycles. The minimum atomic E-state index is -0.569. The van der Waals surface area contributed by atoms with Gasteiger partial charge < -0.3 is 5.32 Å². The van der Waals surface area contributed by atoms with Crippen molar-refractivity contribution in [1.29, 1.82) is 0 Å². The van der Waals surface area contributed by atoms with Crippen LogP contribution in [0.25, 0.3) is 0 Å². The smallest absolute Gasteiger partial charge is 0.292 e. The summed E-state index contributed by atoms with van der Waals surface area (Å²) in [4.78, 5) is 21.4. The van der Waals surface area contributed by atoms with E-state index >= 15 is 0 Å². The van der Waals surface area contributed by atoms with Gasteiger partial charge in [0.05, 0.1) is 4.92 Å². The van der Waals surface area contributed by atoms with Crippen molar-refractivity contribution in [3.8, 4) is 0 Å². The molecule has 0 aliphatic heterocycles. The summed E-state index contributed by atoms with van der Waals surface area (Å²) in [5.41, 5.74) is -0.0595. The van der Waals surface area contributed by atoms with Crippen LogP contribution in [0.4, 0.5) is 11.4 Å². The lowest BCUT2D eigenvalue weighted by Crippen LogP contribution is -2.12. The standard InChI is InChI=1S/C9H8BrClN2O3/c10-4-3-9(14)12-7-5-6(11)1-2-8(7)13(15)16/h1-2,5H,3-4H2,(H,12,14). The third-order valence-electron chi connectivity index (χ3n) is 1.75. The molecule has 0 bridgehead atoms. The van der Waals surface area contributed by atoms with Crippen molar-refractivity contribution < 1.29 is 9.72 Å². The third-order valence-corrected chi connectivity index (χ3v) is 2.38. The quantitative estimate of drug-likeness (QED) is 0.528. The number of carbonyl (C=O) groups excluding carboxylic acids is 1. The summed E-state index contributed by atoms with van der Waals surface area (Å²) in [5.74, 6) is -0.303. The fraction of sp³-hybridized carbons (Fsp3) is 0.222. The van der Waals surface area contributed by atoms with Gasteiger partial charge in [-0.1, -0.05) is 27.5 Å². The molecule has 1 aromatic rings. The minimum Gasteiger partial charge on any atom is -0.320 e. The molecule has 1 rings (SSSR count). The maximum absolute atomic E-state index is 11.3. The number of alkyl halides is 1. The second kappa shape index (κ2) is 5.81. The third kappa shape index (κ3) is 3.46. The molecule has 0 saturated heterocycles. The van der Waals surface area contributed by atoms with Gasteiger partial charge in [-0.25, -0.2) is 0 Å². The van der Waals surface area contributed by atoms with E-state index in [0.717, 1.165) is 0 Å². The minimum absolute atomic E-state index is 0.114. The zero-order valence-electron chi connectivity index (χ0n) is 8.07. The summed E-state index contributed by atoms with van der Waals surface area (Å²) >= 11 is 8.80. The molecule has 0 aliphatic carbocycles. The van der Waals surface area contributed by atoms with Gasteiger partial charge in [-0.3, -0.25) is 14.9 Å². The van der Waals surface area contributed by atoms with Gasteiger partial charge in [0.25, 0.3) is 5.69 Å². The first-order chi connectivity index (χ1) is 7.54. The molecule has 0 saturated carbocycles. The van der Waals surface area contributed by atoms with E-state index < -0.39 is 4.92 Å². The number of nitro groups is 1. The van der Waals surface area contributed by atoms with E-state index in [2.05, 4.69) is 21.2 Å². The van der Waals surface area contributed by atoms with Crippen LogP contribution in [-0.4, -0.2) is 16.2 Å². The summed E-state index contributed by atoms with van der Waals surface area (Å²) in [7, 11) is 0. The monoisotopic (exact) mass is 306 g/mol. The van der Waals surface area contributed by atoms with Gasteiger partial charge in [-0.05, 0) is 12.1 Å². The predicted molar refractivity (Wildman–Crippen MR) is 65.1 cm³/mol. The summed E-state index contributed by atoms with van der Waals surface area (Å²) < 4.78 is 0. The molecule has 5 nitrogen and oxygen atoms in total. The average Bonchev–Trinajstić information content (AvgIpc) is 2.17. The van der Waals surface area contributed by atoms with Crippen LogP contribution in [0.5, 0.6) is 0 Å². The van der Waals surface area contributed by atoms with E-state index in [1.807, 2.05) is 0 Å². The number of rotatable bonds is 4. The molecule has 0 spiro atoms. The zero-order chi connectivity index (χ0) is 12.1. The van der Waals surface area contributed by atoms with Crippen LogP contribution in [0.3, 0.4) is 0 Å². The number of halogens is 2. The highest BCUT2D eigenvalue weighted by atomic mass is 79.9. The van der Waals surface area contributed by atoms with Gasteiger partial charge in [0.15, 0.2) is 0 Å². The summed E-state index contributed by atoms with van der Waals surface area (Å²) in [6.45, 7) is 0. The highest BCUT2D eigenvalue weighted by Crippen LogP contribution is 2.27. The number of anilines is 1. The van der Waals surface area contributed by atoms with Crippen molar-refractivity contribution >= 4 is 44.8 Å². The van der Waals surface area contributed by atoms with Crippen molar-refractivity contribution in [3.05, 3.63) is 33.3 Å². The molecule has 86 valence electrons. The number of benzene rings is 1. The average molecular weight is 308 g/mol. The summed E-state index contributed by atoms with van der Waals surface area (Å²) in [6, 6.07) is 4.01. The van der Waals surface area contributed by atoms with E-state index in [1.165, 1.54) is 18.2 Å². The fourth-order valence-electron chi connectivity index (χ4n) is 1.07. The molecule has 1 aromatic carbocycles. The molecule has 7 heteroatoms. The Bertz CT molecular complexity index is 425. The molecule has 0 aliphatic rings. The number of carbonyl (C=O) groups is 1. The molecule has 0 fully saturated rings. The Morgan fingerprint density at radius 2 is 2.25 bits per heavy atom. The lowest BCUT2D eigenvalue weighted by molar-refractivity contribution is -0.383. The number of amides is 1. The van der Waals surface area contributed by atoms with E-state index in [0.29, 0.717) is 10.4 Å². The number of hydrogen-bond acceptors (Lipinski definition) is 3. The first-order valence-electron chi connectivity index (χ1n) is 4.34. The van der Waals surface area contributed by atoms with Crippen molar-refractivity contribution in [2.45, 2.75) is 6.42 Å². The Hall–Kier alpha value is -1.14. The Morgan fingerprint density at radius 3 is 2.81 bits per heavy atom.